The summed E-state index contributed by atoms with van der Waals surface area (Å²) in [4.78, 5) is 11.6. The molecule has 0 amide bonds. The average Bonchev–Trinajstić information content (AvgIpc) is 2.88. The molecule has 0 bridgehead atoms. The average molecular weight is 264 g/mol. The van der Waals surface area contributed by atoms with Crippen LogP contribution in [0.15, 0.2) is 0 Å². The lowest BCUT2D eigenvalue weighted by Crippen LogP contribution is -2.24. The van der Waals surface area contributed by atoms with Crippen molar-refractivity contribution in [1.82, 2.24) is 9.97 Å². The zero-order valence-electron chi connectivity index (χ0n) is 12.4. The van der Waals surface area contributed by atoms with Crippen LogP contribution in [0.4, 0.5) is 11.6 Å². The predicted octanol–water partition coefficient (Wildman–Crippen LogP) is 1.86. The van der Waals surface area contributed by atoms with Gasteiger partial charge in [0.25, 0.3) is 0 Å². The molecule has 0 spiro atoms. The highest BCUT2D eigenvalue weighted by atomic mass is 16.5. The molecule has 1 saturated heterocycles. The summed E-state index contributed by atoms with van der Waals surface area (Å²) in [6.07, 6.45) is 2.03. The minimum Gasteiger partial charge on any atom is -0.384 e. The largest absolute Gasteiger partial charge is 0.384 e. The maximum atomic E-state index is 5.26. The summed E-state index contributed by atoms with van der Waals surface area (Å²) in [6, 6.07) is 0. The fourth-order valence-electron chi connectivity index (χ4n) is 2.66. The van der Waals surface area contributed by atoms with Crippen LogP contribution in [0.2, 0.25) is 0 Å². The number of rotatable bonds is 5. The molecular weight excluding hydrogens is 240 g/mol. The maximum absolute atomic E-state index is 5.26. The lowest BCUT2D eigenvalue weighted by Gasteiger charge is -2.21. The molecule has 2 heterocycles. The molecule has 5 nitrogen and oxygen atoms in total. The quantitative estimate of drug-likeness (QED) is 0.879. The Labute approximate surface area is 115 Å². The fourth-order valence-corrected chi connectivity index (χ4v) is 2.66. The van der Waals surface area contributed by atoms with Crippen LogP contribution in [0, 0.1) is 12.8 Å². The van der Waals surface area contributed by atoms with Gasteiger partial charge in [0.05, 0.1) is 6.61 Å². The molecule has 1 N–H and O–H groups in total. The van der Waals surface area contributed by atoms with Crippen molar-refractivity contribution in [3.8, 4) is 0 Å². The number of hydrogen-bond acceptors (Lipinski definition) is 5. The highest BCUT2D eigenvalue weighted by molar-refractivity contribution is 5.58. The van der Waals surface area contributed by atoms with Crippen LogP contribution in [0.25, 0.3) is 0 Å². The third-order valence-electron chi connectivity index (χ3n) is 3.71. The van der Waals surface area contributed by atoms with E-state index in [1.807, 2.05) is 7.05 Å². The minimum atomic E-state index is 0.613. The molecule has 1 atom stereocenters. The molecule has 1 aliphatic heterocycles. The van der Waals surface area contributed by atoms with Gasteiger partial charge in [-0.2, -0.15) is 0 Å². The number of aromatic nitrogens is 2. The smallest absolute Gasteiger partial charge is 0.137 e. The fraction of sp³-hybridized carbons (Fsp3) is 0.714. The Morgan fingerprint density at radius 3 is 2.84 bits per heavy atom. The van der Waals surface area contributed by atoms with E-state index in [0.717, 1.165) is 49.1 Å². The Morgan fingerprint density at radius 1 is 1.42 bits per heavy atom. The summed E-state index contributed by atoms with van der Waals surface area (Å²) in [5, 5.41) is 3.17. The number of hydrogen-bond donors (Lipinski definition) is 1. The third-order valence-corrected chi connectivity index (χ3v) is 3.71. The second kappa shape index (κ2) is 6.19. The second-order valence-corrected chi connectivity index (χ2v) is 5.10. The molecule has 1 fully saturated rings. The van der Waals surface area contributed by atoms with Gasteiger partial charge in [0.1, 0.15) is 17.5 Å². The zero-order valence-corrected chi connectivity index (χ0v) is 12.4. The lowest BCUT2D eigenvalue weighted by atomic mass is 10.1. The normalized spacial score (nSPS) is 18.9. The molecule has 5 heteroatoms. The first-order valence-corrected chi connectivity index (χ1v) is 6.98. The highest BCUT2D eigenvalue weighted by Crippen LogP contribution is 2.28. The van der Waals surface area contributed by atoms with Crippen molar-refractivity contribution in [1.29, 1.82) is 0 Å². The van der Waals surface area contributed by atoms with E-state index in [-0.39, 0.29) is 0 Å². The number of anilines is 2. The van der Waals surface area contributed by atoms with Crippen molar-refractivity contribution in [2.75, 3.05) is 44.1 Å². The molecule has 1 unspecified atom stereocenters. The third kappa shape index (κ3) is 2.97. The van der Waals surface area contributed by atoms with Gasteiger partial charge in [-0.15, -0.1) is 0 Å². The lowest BCUT2D eigenvalue weighted by molar-refractivity contribution is 0.161. The molecule has 0 aromatic carbocycles. The summed E-state index contributed by atoms with van der Waals surface area (Å²) >= 11 is 0. The monoisotopic (exact) mass is 264 g/mol. The molecule has 0 saturated carbocycles. The maximum Gasteiger partial charge on any atom is 0.137 e. The first-order chi connectivity index (χ1) is 9.19. The van der Waals surface area contributed by atoms with Gasteiger partial charge >= 0.3 is 0 Å². The van der Waals surface area contributed by atoms with Gasteiger partial charge in [-0.05, 0) is 13.3 Å². The molecule has 1 aromatic rings. The Bertz CT molecular complexity index is 436. The number of methoxy groups -OCH3 is 1. The van der Waals surface area contributed by atoms with Crippen molar-refractivity contribution in [2.24, 2.45) is 5.92 Å². The summed E-state index contributed by atoms with van der Waals surface area (Å²) in [5.41, 5.74) is 1.14. The minimum absolute atomic E-state index is 0.613. The summed E-state index contributed by atoms with van der Waals surface area (Å²) in [5.74, 6) is 3.54. The van der Waals surface area contributed by atoms with Gasteiger partial charge in [0.2, 0.25) is 0 Å². The van der Waals surface area contributed by atoms with Gasteiger partial charge in [0, 0.05) is 45.1 Å². The Hall–Kier alpha value is -1.36. The van der Waals surface area contributed by atoms with Crippen LogP contribution in [0.1, 0.15) is 24.7 Å². The van der Waals surface area contributed by atoms with Crippen molar-refractivity contribution >= 4 is 11.6 Å². The van der Waals surface area contributed by atoms with Crippen LogP contribution in [-0.2, 0) is 11.2 Å². The number of ether oxygens (including phenoxy) is 1. The Balaban J connectivity index is 2.24. The number of aryl methyl sites for hydroxylation is 1. The van der Waals surface area contributed by atoms with Crippen LogP contribution in [-0.4, -0.2) is 43.8 Å². The van der Waals surface area contributed by atoms with Crippen LogP contribution >= 0.6 is 0 Å². The van der Waals surface area contributed by atoms with Crippen molar-refractivity contribution < 1.29 is 4.74 Å². The van der Waals surface area contributed by atoms with Crippen molar-refractivity contribution in [2.45, 2.75) is 26.7 Å². The first kappa shape index (κ1) is 14.1. The second-order valence-electron chi connectivity index (χ2n) is 5.10. The Morgan fingerprint density at radius 2 is 2.21 bits per heavy atom. The summed E-state index contributed by atoms with van der Waals surface area (Å²) in [6.45, 7) is 7.09. The molecule has 0 aliphatic carbocycles. The molecule has 19 heavy (non-hydrogen) atoms. The van der Waals surface area contributed by atoms with Gasteiger partial charge in [-0.3, -0.25) is 0 Å². The van der Waals surface area contributed by atoms with Gasteiger partial charge in [-0.25, -0.2) is 9.97 Å². The molecule has 1 aliphatic rings. The van der Waals surface area contributed by atoms with E-state index in [2.05, 4.69) is 29.0 Å². The van der Waals surface area contributed by atoms with E-state index < -0.39 is 0 Å². The van der Waals surface area contributed by atoms with Crippen LogP contribution in [0.5, 0.6) is 0 Å². The van der Waals surface area contributed by atoms with Crippen LogP contribution < -0.4 is 10.2 Å². The van der Waals surface area contributed by atoms with Gasteiger partial charge in [-0.1, -0.05) is 6.92 Å². The summed E-state index contributed by atoms with van der Waals surface area (Å²) in [7, 11) is 3.68. The van der Waals surface area contributed by atoms with E-state index in [4.69, 9.17) is 9.72 Å². The van der Waals surface area contributed by atoms with E-state index in [0.29, 0.717) is 5.92 Å². The van der Waals surface area contributed by atoms with Crippen molar-refractivity contribution in [3.05, 3.63) is 11.4 Å². The number of nitrogens with one attached hydrogen (secondary N) is 1. The molecular formula is C14H24N4O. The topological polar surface area (TPSA) is 50.3 Å². The van der Waals surface area contributed by atoms with E-state index in [1.54, 1.807) is 7.11 Å². The van der Waals surface area contributed by atoms with Gasteiger partial charge < -0.3 is 15.0 Å². The highest BCUT2D eigenvalue weighted by Gasteiger charge is 2.25. The van der Waals surface area contributed by atoms with E-state index in [9.17, 15) is 0 Å². The molecule has 2 rings (SSSR count). The standard InChI is InChI=1S/C14H24N4O/c1-5-12-16-13(15-3)10(2)14(17-12)18-7-6-11(8-18)9-19-4/h11H,5-9H2,1-4H3,(H,15,16,17). The predicted molar refractivity (Wildman–Crippen MR) is 77.9 cm³/mol. The van der Waals surface area contributed by atoms with Gasteiger partial charge in [0.15, 0.2) is 0 Å². The van der Waals surface area contributed by atoms with E-state index >= 15 is 0 Å². The number of nitrogens with zero attached hydrogens (tertiary/aromatic N) is 3. The van der Waals surface area contributed by atoms with Crippen molar-refractivity contribution in [3.63, 3.8) is 0 Å². The molecule has 106 valence electrons. The molecule has 0 radical (unpaired) electrons. The SMILES string of the molecule is CCc1nc(NC)c(C)c(N2CCC(COC)C2)n1. The Kier molecular flexibility index (Phi) is 4.58. The first-order valence-electron chi connectivity index (χ1n) is 6.98. The van der Waals surface area contributed by atoms with E-state index in [1.165, 1.54) is 6.42 Å². The molecule has 1 aromatic heterocycles. The zero-order chi connectivity index (χ0) is 13.8. The summed E-state index contributed by atoms with van der Waals surface area (Å²) < 4.78 is 5.26. The van der Waals surface area contributed by atoms with Crippen LogP contribution in [0.3, 0.4) is 0 Å².